The van der Waals surface area contributed by atoms with Gasteiger partial charge < -0.3 is 14.8 Å². The first kappa shape index (κ1) is 15.1. The minimum Gasteiger partial charge on any atom is -0.496 e. The van der Waals surface area contributed by atoms with Crippen molar-refractivity contribution in [2.75, 3.05) is 26.9 Å². The normalized spacial score (nSPS) is 10.9. The molecular formula is C12H16ClF2NO2. The number of methoxy groups -OCH3 is 1. The number of alkyl halides is 2. The molecule has 0 fully saturated rings. The van der Waals surface area contributed by atoms with Gasteiger partial charge in [-0.3, -0.25) is 0 Å². The number of rotatable bonds is 8. The molecule has 102 valence electrons. The van der Waals surface area contributed by atoms with E-state index in [0.717, 1.165) is 11.3 Å². The van der Waals surface area contributed by atoms with Crippen LogP contribution < -0.4 is 10.1 Å². The van der Waals surface area contributed by atoms with Crippen molar-refractivity contribution in [3.8, 4) is 5.75 Å². The van der Waals surface area contributed by atoms with E-state index in [1.165, 1.54) is 0 Å². The Bertz CT molecular complexity index is 364. The van der Waals surface area contributed by atoms with E-state index >= 15 is 0 Å². The van der Waals surface area contributed by atoms with Crippen LogP contribution in [0.4, 0.5) is 8.78 Å². The summed E-state index contributed by atoms with van der Waals surface area (Å²) in [7, 11) is 1.58. The van der Waals surface area contributed by atoms with Gasteiger partial charge in [-0.2, -0.15) is 0 Å². The van der Waals surface area contributed by atoms with Crippen molar-refractivity contribution in [2.24, 2.45) is 0 Å². The van der Waals surface area contributed by atoms with Crippen molar-refractivity contribution in [3.63, 3.8) is 0 Å². The fourth-order valence-corrected chi connectivity index (χ4v) is 1.62. The minimum absolute atomic E-state index is 0.243. The lowest BCUT2D eigenvalue weighted by atomic mass is 10.2. The maximum absolute atomic E-state index is 11.8. The highest BCUT2D eigenvalue weighted by Gasteiger charge is 2.04. The summed E-state index contributed by atoms with van der Waals surface area (Å²) in [6.45, 7) is 0.750. The second kappa shape index (κ2) is 8.24. The molecule has 1 N–H and O–H groups in total. The van der Waals surface area contributed by atoms with E-state index in [1.807, 2.05) is 0 Å². The molecule has 1 rings (SSSR count). The second-order valence-electron chi connectivity index (χ2n) is 3.60. The summed E-state index contributed by atoms with van der Waals surface area (Å²) in [6, 6.07) is 5.33. The van der Waals surface area contributed by atoms with Gasteiger partial charge in [0.15, 0.2) is 0 Å². The summed E-state index contributed by atoms with van der Waals surface area (Å²) in [5, 5.41) is 3.70. The fraction of sp³-hybridized carbons (Fsp3) is 0.500. The third kappa shape index (κ3) is 5.62. The van der Waals surface area contributed by atoms with Crippen LogP contribution in [0.15, 0.2) is 18.2 Å². The van der Waals surface area contributed by atoms with Gasteiger partial charge in [0.25, 0.3) is 6.43 Å². The van der Waals surface area contributed by atoms with Crippen molar-refractivity contribution >= 4 is 11.6 Å². The molecule has 0 bridgehead atoms. The first-order valence-electron chi connectivity index (χ1n) is 5.52. The second-order valence-corrected chi connectivity index (χ2v) is 4.04. The molecule has 18 heavy (non-hydrogen) atoms. The van der Waals surface area contributed by atoms with Crippen LogP contribution in [-0.4, -0.2) is 33.3 Å². The van der Waals surface area contributed by atoms with Gasteiger partial charge in [-0.1, -0.05) is 11.6 Å². The predicted molar refractivity (Wildman–Crippen MR) is 66.5 cm³/mol. The van der Waals surface area contributed by atoms with E-state index in [1.54, 1.807) is 25.3 Å². The summed E-state index contributed by atoms with van der Waals surface area (Å²) in [6.07, 6.45) is -2.42. The Labute approximate surface area is 110 Å². The maximum Gasteiger partial charge on any atom is 0.261 e. The van der Waals surface area contributed by atoms with Gasteiger partial charge in [-0.05, 0) is 18.2 Å². The van der Waals surface area contributed by atoms with E-state index in [2.05, 4.69) is 5.32 Å². The zero-order valence-corrected chi connectivity index (χ0v) is 10.8. The number of benzene rings is 1. The summed E-state index contributed by atoms with van der Waals surface area (Å²) >= 11 is 5.88. The van der Waals surface area contributed by atoms with Gasteiger partial charge in [0.2, 0.25) is 0 Å². The fourth-order valence-electron chi connectivity index (χ4n) is 1.43. The lowest BCUT2D eigenvalue weighted by Gasteiger charge is -2.10. The SMILES string of the molecule is COc1ccc(Cl)cc1CNCCOCC(F)F. The summed E-state index contributed by atoms with van der Waals surface area (Å²) in [5.74, 6) is 0.736. The molecule has 6 heteroatoms. The molecule has 0 unspecified atom stereocenters. The summed E-state index contributed by atoms with van der Waals surface area (Å²) < 4.78 is 33.5. The molecule has 0 spiro atoms. The largest absolute Gasteiger partial charge is 0.496 e. The van der Waals surface area contributed by atoms with Crippen LogP contribution in [0.3, 0.4) is 0 Å². The van der Waals surface area contributed by atoms with Crippen molar-refractivity contribution < 1.29 is 18.3 Å². The van der Waals surface area contributed by atoms with Gasteiger partial charge in [-0.15, -0.1) is 0 Å². The van der Waals surface area contributed by atoms with E-state index in [-0.39, 0.29) is 6.61 Å². The molecule has 0 aromatic heterocycles. The Hall–Kier alpha value is -0.910. The smallest absolute Gasteiger partial charge is 0.261 e. The lowest BCUT2D eigenvalue weighted by Crippen LogP contribution is -2.20. The van der Waals surface area contributed by atoms with Crippen LogP contribution in [0.5, 0.6) is 5.75 Å². The lowest BCUT2D eigenvalue weighted by molar-refractivity contribution is 0.0187. The van der Waals surface area contributed by atoms with Crippen LogP contribution in [-0.2, 0) is 11.3 Å². The van der Waals surface area contributed by atoms with Crippen LogP contribution in [0.2, 0.25) is 5.02 Å². The van der Waals surface area contributed by atoms with Crippen LogP contribution in [0.1, 0.15) is 5.56 Å². The molecule has 0 atom stereocenters. The standard InChI is InChI=1S/C12H16ClF2NO2/c1-17-11-3-2-10(13)6-9(11)7-16-4-5-18-8-12(14)15/h2-3,6,12,16H,4-5,7-8H2,1H3. The van der Waals surface area contributed by atoms with Gasteiger partial charge in [0.05, 0.1) is 13.7 Å². The Morgan fingerprint density at radius 1 is 1.39 bits per heavy atom. The van der Waals surface area contributed by atoms with E-state index in [4.69, 9.17) is 21.1 Å². The zero-order valence-electron chi connectivity index (χ0n) is 10.1. The summed E-state index contributed by atoms with van der Waals surface area (Å²) in [4.78, 5) is 0. The topological polar surface area (TPSA) is 30.5 Å². The first-order valence-corrected chi connectivity index (χ1v) is 5.90. The van der Waals surface area contributed by atoms with E-state index in [9.17, 15) is 8.78 Å². The molecule has 1 aromatic carbocycles. The van der Waals surface area contributed by atoms with Gasteiger partial charge >= 0.3 is 0 Å². The van der Waals surface area contributed by atoms with Crippen LogP contribution in [0.25, 0.3) is 0 Å². The first-order chi connectivity index (χ1) is 8.63. The van der Waals surface area contributed by atoms with Crippen molar-refractivity contribution in [1.29, 1.82) is 0 Å². The average Bonchev–Trinajstić information content (AvgIpc) is 2.33. The molecule has 0 radical (unpaired) electrons. The van der Waals surface area contributed by atoms with Crippen LogP contribution >= 0.6 is 11.6 Å². The number of ether oxygens (including phenoxy) is 2. The van der Waals surface area contributed by atoms with Crippen LogP contribution in [0, 0.1) is 0 Å². The Balaban J connectivity index is 2.28. The maximum atomic E-state index is 11.8. The van der Waals surface area contributed by atoms with Crippen molar-refractivity contribution in [3.05, 3.63) is 28.8 Å². The zero-order chi connectivity index (χ0) is 13.4. The molecule has 0 aliphatic carbocycles. The van der Waals surface area contributed by atoms with Crippen molar-refractivity contribution in [1.82, 2.24) is 5.32 Å². The third-order valence-electron chi connectivity index (χ3n) is 2.22. The number of nitrogens with one attached hydrogen (secondary N) is 1. The third-order valence-corrected chi connectivity index (χ3v) is 2.46. The van der Waals surface area contributed by atoms with Gasteiger partial charge in [-0.25, -0.2) is 8.78 Å². The van der Waals surface area contributed by atoms with E-state index in [0.29, 0.717) is 18.1 Å². The molecule has 0 amide bonds. The molecule has 0 aliphatic rings. The quantitative estimate of drug-likeness (QED) is 0.742. The molecule has 0 aliphatic heterocycles. The van der Waals surface area contributed by atoms with Gasteiger partial charge in [0, 0.05) is 23.7 Å². The highest BCUT2D eigenvalue weighted by molar-refractivity contribution is 6.30. The molecule has 0 heterocycles. The highest BCUT2D eigenvalue weighted by Crippen LogP contribution is 2.22. The summed E-state index contributed by atoms with van der Waals surface area (Å²) in [5.41, 5.74) is 0.916. The highest BCUT2D eigenvalue weighted by atomic mass is 35.5. The predicted octanol–water partition coefficient (Wildman–Crippen LogP) is 2.72. The Kier molecular flexibility index (Phi) is 6.93. The minimum atomic E-state index is -2.42. The number of hydrogen-bond acceptors (Lipinski definition) is 3. The monoisotopic (exact) mass is 279 g/mol. The Morgan fingerprint density at radius 2 is 2.17 bits per heavy atom. The molecule has 3 nitrogen and oxygen atoms in total. The molecule has 1 aromatic rings. The molecule has 0 saturated carbocycles. The van der Waals surface area contributed by atoms with Gasteiger partial charge in [0.1, 0.15) is 12.4 Å². The van der Waals surface area contributed by atoms with E-state index < -0.39 is 13.0 Å². The Morgan fingerprint density at radius 3 is 2.83 bits per heavy atom. The number of hydrogen-bond donors (Lipinski definition) is 1. The average molecular weight is 280 g/mol. The molecular weight excluding hydrogens is 264 g/mol. The number of halogens is 3. The molecule has 0 saturated heterocycles. The van der Waals surface area contributed by atoms with Crippen molar-refractivity contribution in [2.45, 2.75) is 13.0 Å².